The lowest BCUT2D eigenvalue weighted by atomic mass is 10.5. The molecular formula is C5H4BrClN2. The van der Waals surface area contributed by atoms with Crippen LogP contribution in [0.25, 0.3) is 0 Å². The summed E-state index contributed by atoms with van der Waals surface area (Å²) in [5.41, 5.74) is 0.790. The van der Waals surface area contributed by atoms with E-state index in [-0.39, 0.29) is 0 Å². The summed E-state index contributed by atoms with van der Waals surface area (Å²) in [4.78, 5) is 7.76. The van der Waals surface area contributed by atoms with E-state index in [1.165, 1.54) is 0 Å². The Labute approximate surface area is 66.4 Å². The van der Waals surface area contributed by atoms with Gasteiger partial charge in [0.2, 0.25) is 0 Å². The second-order valence-corrected chi connectivity index (χ2v) is 2.69. The largest absolute Gasteiger partial charge is 0.229 e. The Morgan fingerprint density at radius 3 is 2.78 bits per heavy atom. The third kappa shape index (κ3) is 1.63. The Morgan fingerprint density at radius 2 is 2.33 bits per heavy atom. The van der Waals surface area contributed by atoms with E-state index in [1.54, 1.807) is 6.20 Å². The minimum Gasteiger partial charge on any atom is -0.229 e. The van der Waals surface area contributed by atoms with Crippen LogP contribution in [0.5, 0.6) is 0 Å². The molecule has 48 valence electrons. The molecule has 9 heavy (non-hydrogen) atoms. The molecule has 1 rings (SSSR count). The van der Waals surface area contributed by atoms with Gasteiger partial charge in [0.15, 0.2) is 4.73 Å². The van der Waals surface area contributed by atoms with E-state index in [2.05, 4.69) is 25.9 Å². The van der Waals surface area contributed by atoms with Crippen LogP contribution in [0.3, 0.4) is 0 Å². The molecule has 0 atom stereocenters. The molecule has 2 nitrogen and oxygen atoms in total. The summed E-state index contributed by atoms with van der Waals surface area (Å²) in [7, 11) is 0. The predicted molar refractivity (Wildman–Crippen MR) is 39.5 cm³/mol. The fraction of sp³-hybridized carbons (Fsp3) is 0.200. The summed E-state index contributed by atoms with van der Waals surface area (Å²) < 4.78 is 0.574. The molecule has 0 saturated heterocycles. The first kappa shape index (κ1) is 6.96. The minimum atomic E-state index is 0.574. The van der Waals surface area contributed by atoms with Crippen molar-refractivity contribution in [2.75, 3.05) is 0 Å². The van der Waals surface area contributed by atoms with Crippen LogP contribution in [0.4, 0.5) is 0 Å². The van der Waals surface area contributed by atoms with Gasteiger partial charge in [-0.3, -0.25) is 0 Å². The number of nitrogens with zero attached hydrogens (tertiary/aromatic N) is 2. The van der Waals surface area contributed by atoms with E-state index in [9.17, 15) is 0 Å². The Balaban J connectivity index is 3.17. The molecule has 0 radical (unpaired) electrons. The van der Waals surface area contributed by atoms with Crippen LogP contribution in [0.2, 0.25) is 5.02 Å². The van der Waals surface area contributed by atoms with Crippen molar-refractivity contribution in [1.82, 2.24) is 9.97 Å². The van der Waals surface area contributed by atoms with Crippen LogP contribution in [-0.2, 0) is 0 Å². The van der Waals surface area contributed by atoms with Gasteiger partial charge >= 0.3 is 0 Å². The zero-order valence-electron chi connectivity index (χ0n) is 4.73. The number of hydrogen-bond donors (Lipinski definition) is 0. The Morgan fingerprint density at radius 1 is 1.67 bits per heavy atom. The van der Waals surface area contributed by atoms with E-state index < -0.39 is 0 Å². The summed E-state index contributed by atoms with van der Waals surface area (Å²) in [6, 6.07) is 0. The first-order chi connectivity index (χ1) is 4.20. The van der Waals surface area contributed by atoms with Crippen LogP contribution >= 0.6 is 27.5 Å². The summed E-state index contributed by atoms with van der Waals surface area (Å²) >= 11 is 8.75. The van der Waals surface area contributed by atoms with Crippen LogP contribution < -0.4 is 0 Å². The highest BCUT2D eigenvalue weighted by Gasteiger charge is 1.95. The maximum absolute atomic E-state index is 5.63. The highest BCUT2D eigenvalue weighted by atomic mass is 79.9. The molecule has 0 fully saturated rings. The second-order valence-electron chi connectivity index (χ2n) is 1.57. The second kappa shape index (κ2) is 2.62. The number of aromatic nitrogens is 2. The molecular weight excluding hydrogens is 203 g/mol. The molecule has 1 aromatic heterocycles. The van der Waals surface area contributed by atoms with Gasteiger partial charge in [-0.2, -0.15) is 0 Å². The van der Waals surface area contributed by atoms with E-state index in [1.807, 2.05) is 6.92 Å². The van der Waals surface area contributed by atoms with Crippen molar-refractivity contribution >= 4 is 27.5 Å². The van der Waals surface area contributed by atoms with Gasteiger partial charge in [-0.1, -0.05) is 11.6 Å². The summed E-state index contributed by atoms with van der Waals surface area (Å²) in [6.07, 6.45) is 1.56. The molecule has 4 heteroatoms. The average molecular weight is 207 g/mol. The Kier molecular flexibility index (Phi) is 2.03. The summed E-state index contributed by atoms with van der Waals surface area (Å²) in [5, 5.41) is 0.596. The van der Waals surface area contributed by atoms with Crippen molar-refractivity contribution < 1.29 is 0 Å². The lowest BCUT2D eigenvalue weighted by Crippen LogP contribution is -1.85. The van der Waals surface area contributed by atoms with E-state index in [0.717, 1.165) is 5.69 Å². The van der Waals surface area contributed by atoms with E-state index in [0.29, 0.717) is 9.76 Å². The van der Waals surface area contributed by atoms with Gasteiger partial charge in [-0.05, 0) is 22.9 Å². The highest BCUT2D eigenvalue weighted by molar-refractivity contribution is 9.10. The fourth-order valence-electron chi connectivity index (χ4n) is 0.424. The quantitative estimate of drug-likeness (QED) is 0.610. The molecule has 0 aliphatic heterocycles. The van der Waals surface area contributed by atoms with Crippen molar-refractivity contribution in [2.45, 2.75) is 6.92 Å². The van der Waals surface area contributed by atoms with Crippen LogP contribution in [0.15, 0.2) is 10.9 Å². The van der Waals surface area contributed by atoms with Gasteiger partial charge in [-0.25, -0.2) is 9.97 Å². The van der Waals surface area contributed by atoms with E-state index in [4.69, 9.17) is 11.6 Å². The van der Waals surface area contributed by atoms with Crippen LogP contribution in [0, 0.1) is 6.92 Å². The van der Waals surface area contributed by atoms with Gasteiger partial charge in [0, 0.05) is 0 Å². The number of halogens is 2. The fourth-order valence-corrected chi connectivity index (χ4v) is 0.883. The molecule has 1 heterocycles. The molecule has 0 unspecified atom stereocenters. The molecule has 0 aromatic carbocycles. The van der Waals surface area contributed by atoms with Gasteiger partial charge in [0.1, 0.15) is 0 Å². The molecule has 0 saturated carbocycles. The third-order valence-corrected chi connectivity index (χ3v) is 1.64. The van der Waals surface area contributed by atoms with Gasteiger partial charge in [0.25, 0.3) is 0 Å². The normalized spacial score (nSPS) is 9.67. The number of hydrogen-bond acceptors (Lipinski definition) is 2. The average Bonchev–Trinajstić information content (AvgIpc) is 1.80. The first-order valence-corrected chi connectivity index (χ1v) is 3.52. The van der Waals surface area contributed by atoms with Crippen LogP contribution in [-0.4, -0.2) is 9.97 Å². The van der Waals surface area contributed by atoms with Gasteiger partial charge in [0.05, 0.1) is 16.9 Å². The van der Waals surface area contributed by atoms with Crippen molar-refractivity contribution in [3.05, 3.63) is 21.6 Å². The van der Waals surface area contributed by atoms with Gasteiger partial charge < -0.3 is 0 Å². The molecule has 0 spiro atoms. The molecule has 0 bridgehead atoms. The number of aryl methyl sites for hydroxylation is 1. The van der Waals surface area contributed by atoms with Gasteiger partial charge in [-0.15, -0.1) is 0 Å². The lowest BCUT2D eigenvalue weighted by Gasteiger charge is -1.93. The van der Waals surface area contributed by atoms with E-state index >= 15 is 0 Å². The van der Waals surface area contributed by atoms with Crippen LogP contribution in [0.1, 0.15) is 5.69 Å². The highest BCUT2D eigenvalue weighted by Crippen LogP contribution is 2.12. The molecule has 0 aliphatic rings. The standard InChI is InChI=1S/C5H4BrClN2/c1-3-4(7)2-8-5(6)9-3/h2H,1H3. The van der Waals surface area contributed by atoms with Crippen molar-refractivity contribution in [2.24, 2.45) is 0 Å². The Bertz CT molecular complexity index is 226. The maximum atomic E-state index is 5.63. The molecule has 0 aliphatic carbocycles. The monoisotopic (exact) mass is 206 g/mol. The number of rotatable bonds is 0. The smallest absolute Gasteiger partial charge is 0.196 e. The van der Waals surface area contributed by atoms with Crippen molar-refractivity contribution in [1.29, 1.82) is 0 Å². The molecule has 0 amide bonds. The maximum Gasteiger partial charge on any atom is 0.196 e. The predicted octanol–water partition coefficient (Wildman–Crippen LogP) is 2.20. The van der Waals surface area contributed by atoms with Crippen molar-refractivity contribution in [3.8, 4) is 0 Å². The first-order valence-electron chi connectivity index (χ1n) is 2.35. The summed E-state index contributed by atoms with van der Waals surface area (Å²) in [5.74, 6) is 0. The topological polar surface area (TPSA) is 25.8 Å². The molecule has 0 N–H and O–H groups in total. The Hall–Kier alpha value is -0.150. The SMILES string of the molecule is Cc1nc(Br)ncc1Cl. The minimum absolute atomic E-state index is 0.574. The van der Waals surface area contributed by atoms with Crippen molar-refractivity contribution in [3.63, 3.8) is 0 Å². The lowest BCUT2D eigenvalue weighted by molar-refractivity contribution is 1.06. The zero-order chi connectivity index (χ0) is 6.85. The summed E-state index contributed by atoms with van der Waals surface area (Å²) in [6.45, 7) is 1.83. The third-order valence-electron chi connectivity index (χ3n) is 0.890. The molecule has 1 aromatic rings. The zero-order valence-corrected chi connectivity index (χ0v) is 7.07.